The van der Waals surface area contributed by atoms with Crippen LogP contribution in [0.15, 0.2) is 46.9 Å². The standard InChI is InChI=1S/C17H15BrF2N2O4/c1-25-14-7-10(5-6-13(14)26-17(19)20)16(24)21-9-15(23)22-12-4-2-3-11(18)8-12/h2-8,17H,9H2,1H3,(H,21,24)(H,22,23). The van der Waals surface area contributed by atoms with Gasteiger partial charge in [0, 0.05) is 15.7 Å². The fraction of sp³-hybridized carbons (Fsp3) is 0.176. The van der Waals surface area contributed by atoms with E-state index < -0.39 is 18.4 Å². The SMILES string of the molecule is COc1cc(C(=O)NCC(=O)Nc2cccc(Br)c2)ccc1OC(F)F. The van der Waals surface area contributed by atoms with Gasteiger partial charge in [-0.3, -0.25) is 9.59 Å². The first-order chi connectivity index (χ1) is 12.4. The van der Waals surface area contributed by atoms with E-state index in [1.54, 1.807) is 18.2 Å². The van der Waals surface area contributed by atoms with Gasteiger partial charge in [-0.1, -0.05) is 22.0 Å². The van der Waals surface area contributed by atoms with E-state index >= 15 is 0 Å². The first-order valence-electron chi connectivity index (χ1n) is 7.35. The van der Waals surface area contributed by atoms with Gasteiger partial charge in [-0.2, -0.15) is 8.78 Å². The number of hydrogen-bond acceptors (Lipinski definition) is 4. The number of benzene rings is 2. The van der Waals surface area contributed by atoms with Gasteiger partial charge in [0.05, 0.1) is 13.7 Å². The van der Waals surface area contributed by atoms with Crippen molar-refractivity contribution in [2.75, 3.05) is 19.0 Å². The summed E-state index contributed by atoms with van der Waals surface area (Å²) in [6, 6.07) is 10.7. The lowest BCUT2D eigenvalue weighted by atomic mass is 10.2. The molecule has 0 aliphatic carbocycles. The average molecular weight is 429 g/mol. The maximum Gasteiger partial charge on any atom is 0.387 e. The summed E-state index contributed by atoms with van der Waals surface area (Å²) in [7, 11) is 1.26. The summed E-state index contributed by atoms with van der Waals surface area (Å²) in [4.78, 5) is 24.0. The predicted molar refractivity (Wildman–Crippen MR) is 94.7 cm³/mol. The van der Waals surface area contributed by atoms with Crippen molar-refractivity contribution >= 4 is 33.4 Å². The molecule has 0 radical (unpaired) electrons. The summed E-state index contributed by atoms with van der Waals surface area (Å²) in [5, 5.41) is 5.07. The summed E-state index contributed by atoms with van der Waals surface area (Å²) >= 11 is 3.29. The van der Waals surface area contributed by atoms with Gasteiger partial charge in [-0.15, -0.1) is 0 Å². The van der Waals surface area contributed by atoms with Crippen LogP contribution in [0.5, 0.6) is 11.5 Å². The lowest BCUT2D eigenvalue weighted by Crippen LogP contribution is -2.32. The van der Waals surface area contributed by atoms with Gasteiger partial charge in [-0.05, 0) is 36.4 Å². The van der Waals surface area contributed by atoms with Gasteiger partial charge in [0.1, 0.15) is 0 Å². The number of amides is 2. The molecule has 2 N–H and O–H groups in total. The predicted octanol–water partition coefficient (Wildman–Crippen LogP) is 3.43. The first kappa shape index (κ1) is 19.6. The van der Waals surface area contributed by atoms with Gasteiger partial charge in [0.2, 0.25) is 5.91 Å². The summed E-state index contributed by atoms with van der Waals surface area (Å²) in [5.41, 5.74) is 0.715. The van der Waals surface area contributed by atoms with Crippen molar-refractivity contribution in [2.45, 2.75) is 6.61 Å². The van der Waals surface area contributed by atoms with Crippen LogP contribution in [0.3, 0.4) is 0 Å². The molecule has 0 saturated carbocycles. The van der Waals surface area contributed by atoms with Crippen LogP contribution in [-0.2, 0) is 4.79 Å². The van der Waals surface area contributed by atoms with Crippen LogP contribution in [0.25, 0.3) is 0 Å². The van der Waals surface area contributed by atoms with E-state index in [-0.39, 0.29) is 23.6 Å². The zero-order valence-corrected chi connectivity index (χ0v) is 15.2. The number of hydrogen-bond donors (Lipinski definition) is 2. The molecule has 0 atom stereocenters. The number of halogens is 3. The molecule has 0 saturated heterocycles. The third kappa shape index (κ3) is 5.69. The van der Waals surface area contributed by atoms with Gasteiger partial charge in [0.25, 0.3) is 5.91 Å². The van der Waals surface area contributed by atoms with Crippen LogP contribution < -0.4 is 20.1 Å². The molecule has 2 aromatic carbocycles. The number of nitrogens with one attached hydrogen (secondary N) is 2. The van der Waals surface area contributed by atoms with Crippen molar-refractivity contribution in [3.8, 4) is 11.5 Å². The van der Waals surface area contributed by atoms with Gasteiger partial charge < -0.3 is 20.1 Å². The molecule has 6 nitrogen and oxygen atoms in total. The quantitative estimate of drug-likeness (QED) is 0.708. The molecule has 0 bridgehead atoms. The molecule has 2 amide bonds. The highest BCUT2D eigenvalue weighted by atomic mass is 79.9. The Balaban J connectivity index is 1.95. The molecule has 0 unspecified atom stereocenters. The van der Waals surface area contributed by atoms with E-state index in [1.807, 2.05) is 6.07 Å². The van der Waals surface area contributed by atoms with Crippen LogP contribution in [-0.4, -0.2) is 32.1 Å². The summed E-state index contributed by atoms with van der Waals surface area (Å²) in [6.45, 7) is -3.27. The molecule has 0 aliphatic rings. The Bertz CT molecular complexity index is 802. The van der Waals surface area contributed by atoms with Crippen molar-refractivity contribution in [1.29, 1.82) is 0 Å². The molecule has 0 aliphatic heterocycles. The Morgan fingerprint density at radius 1 is 1.15 bits per heavy atom. The molecule has 0 spiro atoms. The van der Waals surface area contributed by atoms with Crippen LogP contribution in [0.1, 0.15) is 10.4 Å². The normalized spacial score (nSPS) is 10.3. The Labute approximate surface area is 156 Å². The Hall–Kier alpha value is -2.68. The summed E-state index contributed by atoms with van der Waals surface area (Å²) in [6.07, 6.45) is 0. The molecular weight excluding hydrogens is 414 g/mol. The van der Waals surface area contributed by atoms with Crippen molar-refractivity contribution in [1.82, 2.24) is 5.32 Å². The van der Waals surface area contributed by atoms with E-state index in [0.717, 1.165) is 4.47 Å². The molecule has 26 heavy (non-hydrogen) atoms. The minimum atomic E-state index is -3.01. The van der Waals surface area contributed by atoms with Crippen LogP contribution in [0.4, 0.5) is 14.5 Å². The van der Waals surface area contributed by atoms with Crippen LogP contribution in [0.2, 0.25) is 0 Å². The highest BCUT2D eigenvalue weighted by Gasteiger charge is 2.15. The number of carbonyl (C=O) groups is 2. The molecule has 2 rings (SSSR count). The van der Waals surface area contributed by atoms with Gasteiger partial charge >= 0.3 is 6.61 Å². The van der Waals surface area contributed by atoms with E-state index in [1.165, 1.54) is 25.3 Å². The number of carbonyl (C=O) groups excluding carboxylic acids is 2. The first-order valence-corrected chi connectivity index (χ1v) is 8.15. The number of alkyl halides is 2. The molecule has 0 fully saturated rings. The minimum absolute atomic E-state index is 0.0171. The van der Waals surface area contributed by atoms with E-state index in [4.69, 9.17) is 4.74 Å². The zero-order chi connectivity index (χ0) is 19.1. The fourth-order valence-corrected chi connectivity index (χ4v) is 2.44. The summed E-state index contributed by atoms with van der Waals surface area (Å²) in [5.74, 6) is -1.18. The lowest BCUT2D eigenvalue weighted by molar-refractivity contribution is -0.115. The third-order valence-electron chi connectivity index (χ3n) is 3.16. The second-order valence-corrected chi connectivity index (χ2v) is 5.90. The minimum Gasteiger partial charge on any atom is -0.493 e. The van der Waals surface area contributed by atoms with Gasteiger partial charge in [0.15, 0.2) is 11.5 Å². The van der Waals surface area contributed by atoms with Crippen molar-refractivity contribution < 1.29 is 27.8 Å². The smallest absolute Gasteiger partial charge is 0.387 e. The van der Waals surface area contributed by atoms with E-state index in [9.17, 15) is 18.4 Å². The van der Waals surface area contributed by atoms with Crippen molar-refractivity contribution in [3.63, 3.8) is 0 Å². The number of rotatable bonds is 7. The molecule has 2 aromatic rings. The molecular formula is C17H15BrF2N2O4. The fourth-order valence-electron chi connectivity index (χ4n) is 2.04. The van der Waals surface area contributed by atoms with Crippen LogP contribution >= 0.6 is 15.9 Å². The largest absolute Gasteiger partial charge is 0.493 e. The number of ether oxygens (including phenoxy) is 2. The third-order valence-corrected chi connectivity index (χ3v) is 3.65. The topological polar surface area (TPSA) is 76.7 Å². The molecule has 0 heterocycles. The van der Waals surface area contributed by atoms with Crippen molar-refractivity contribution in [3.05, 3.63) is 52.5 Å². The maximum absolute atomic E-state index is 12.3. The molecule has 0 aromatic heterocycles. The second-order valence-electron chi connectivity index (χ2n) is 4.99. The number of methoxy groups -OCH3 is 1. The monoisotopic (exact) mass is 428 g/mol. The Kier molecular flexibility index (Phi) is 6.90. The number of anilines is 1. The zero-order valence-electron chi connectivity index (χ0n) is 13.6. The molecule has 9 heteroatoms. The van der Waals surface area contributed by atoms with Crippen LogP contribution in [0, 0.1) is 0 Å². The highest BCUT2D eigenvalue weighted by Crippen LogP contribution is 2.29. The summed E-state index contributed by atoms with van der Waals surface area (Å²) < 4.78 is 34.6. The Morgan fingerprint density at radius 2 is 1.92 bits per heavy atom. The van der Waals surface area contributed by atoms with E-state index in [2.05, 4.69) is 31.3 Å². The maximum atomic E-state index is 12.3. The second kappa shape index (κ2) is 9.14. The lowest BCUT2D eigenvalue weighted by Gasteiger charge is -2.11. The molecule has 138 valence electrons. The highest BCUT2D eigenvalue weighted by molar-refractivity contribution is 9.10. The van der Waals surface area contributed by atoms with E-state index in [0.29, 0.717) is 5.69 Å². The van der Waals surface area contributed by atoms with Gasteiger partial charge in [-0.25, -0.2) is 0 Å². The van der Waals surface area contributed by atoms with Crippen molar-refractivity contribution in [2.24, 2.45) is 0 Å². The average Bonchev–Trinajstić information content (AvgIpc) is 2.59. The Morgan fingerprint density at radius 3 is 2.58 bits per heavy atom.